The Balaban J connectivity index is 1.63. The molecule has 0 radical (unpaired) electrons. The smallest absolute Gasteiger partial charge is 0.417 e. The molecule has 0 N–H and O–H groups in total. The topological polar surface area (TPSA) is 45.8 Å². The Labute approximate surface area is 174 Å². The first-order valence-corrected chi connectivity index (χ1v) is 9.25. The van der Waals surface area contributed by atoms with E-state index < -0.39 is 11.7 Å². The van der Waals surface area contributed by atoms with Crippen LogP contribution in [-0.2, 0) is 11.0 Å². The van der Waals surface area contributed by atoms with Crippen LogP contribution < -0.4 is 5.01 Å². The third-order valence-corrected chi connectivity index (χ3v) is 4.86. The summed E-state index contributed by atoms with van der Waals surface area (Å²) in [5, 5.41) is 5.19. The largest absolute Gasteiger partial charge is 0.457 e. The van der Waals surface area contributed by atoms with Gasteiger partial charge in [0.05, 0.1) is 27.6 Å². The minimum atomic E-state index is -4.57. The van der Waals surface area contributed by atoms with Crippen LogP contribution in [0.25, 0.3) is 17.4 Å². The van der Waals surface area contributed by atoms with Crippen molar-refractivity contribution in [1.29, 1.82) is 0 Å². The quantitative estimate of drug-likeness (QED) is 0.450. The summed E-state index contributed by atoms with van der Waals surface area (Å²) in [6.45, 7) is 1.70. The predicted molar refractivity (Wildman–Crippen MR) is 109 cm³/mol. The molecule has 0 aliphatic carbocycles. The second-order valence-electron chi connectivity index (χ2n) is 6.59. The summed E-state index contributed by atoms with van der Waals surface area (Å²) < 4.78 is 45.0. The van der Waals surface area contributed by atoms with Crippen LogP contribution in [0.1, 0.15) is 18.2 Å². The summed E-state index contributed by atoms with van der Waals surface area (Å²) in [4.78, 5) is 12.8. The highest BCUT2D eigenvalue weighted by molar-refractivity contribution is 6.32. The van der Waals surface area contributed by atoms with E-state index in [4.69, 9.17) is 16.0 Å². The minimum absolute atomic E-state index is 0.226. The average molecular weight is 431 g/mol. The lowest BCUT2D eigenvalue weighted by atomic mass is 10.1. The molecule has 152 valence electrons. The fourth-order valence-corrected chi connectivity index (χ4v) is 3.28. The van der Waals surface area contributed by atoms with Crippen molar-refractivity contribution in [3.05, 3.63) is 82.6 Å². The summed E-state index contributed by atoms with van der Waals surface area (Å²) in [5.41, 5.74) is 0.765. The zero-order valence-corrected chi connectivity index (χ0v) is 16.3. The van der Waals surface area contributed by atoms with E-state index in [2.05, 4.69) is 5.10 Å². The maximum atomic E-state index is 13.1. The molecule has 0 fully saturated rings. The standard InChI is InChI=1S/C22H14ClF3N2O2/c1-13-17(21(29)28(27-13)15-5-3-2-4-6-15)12-16-8-10-20(30-16)14-7-9-19(23)18(11-14)22(24,25)26/h2-12H,1H3/b17-12+. The molecule has 4 nitrogen and oxygen atoms in total. The summed E-state index contributed by atoms with van der Waals surface area (Å²) in [6.07, 6.45) is -3.05. The van der Waals surface area contributed by atoms with E-state index in [0.717, 1.165) is 6.07 Å². The molecule has 2 heterocycles. The lowest BCUT2D eigenvalue weighted by Gasteiger charge is -2.10. The van der Waals surface area contributed by atoms with Gasteiger partial charge in [-0.1, -0.05) is 29.8 Å². The number of nitrogens with zero attached hydrogens (tertiary/aromatic N) is 2. The highest BCUT2D eigenvalue weighted by atomic mass is 35.5. The summed E-state index contributed by atoms with van der Waals surface area (Å²) >= 11 is 5.67. The highest BCUT2D eigenvalue weighted by Gasteiger charge is 2.33. The van der Waals surface area contributed by atoms with Gasteiger partial charge in [0.25, 0.3) is 5.91 Å². The highest BCUT2D eigenvalue weighted by Crippen LogP contribution is 2.37. The Morgan fingerprint density at radius 1 is 1.07 bits per heavy atom. The summed E-state index contributed by atoms with van der Waals surface area (Å²) in [7, 11) is 0. The first-order chi connectivity index (χ1) is 14.2. The normalized spacial score (nSPS) is 15.8. The molecular formula is C22H14ClF3N2O2. The van der Waals surface area contributed by atoms with E-state index in [1.54, 1.807) is 37.3 Å². The van der Waals surface area contributed by atoms with Gasteiger partial charge in [0.2, 0.25) is 0 Å². The SMILES string of the molecule is CC1=NN(c2ccccc2)C(=O)/C1=C/c1ccc(-c2ccc(Cl)c(C(F)(F)F)c2)o1. The van der Waals surface area contributed by atoms with E-state index in [1.165, 1.54) is 29.3 Å². The number of rotatable bonds is 3. The van der Waals surface area contributed by atoms with Gasteiger partial charge in [-0.25, -0.2) is 0 Å². The van der Waals surface area contributed by atoms with Gasteiger partial charge >= 0.3 is 6.18 Å². The van der Waals surface area contributed by atoms with E-state index >= 15 is 0 Å². The van der Waals surface area contributed by atoms with Crippen molar-refractivity contribution < 1.29 is 22.4 Å². The molecule has 0 spiro atoms. The van der Waals surface area contributed by atoms with Crippen LogP contribution in [0.4, 0.5) is 18.9 Å². The zero-order valence-electron chi connectivity index (χ0n) is 15.6. The summed E-state index contributed by atoms with van der Waals surface area (Å²) in [6, 6.07) is 15.6. The average Bonchev–Trinajstić information content (AvgIpc) is 3.28. The van der Waals surface area contributed by atoms with Gasteiger partial charge in [-0.2, -0.15) is 23.3 Å². The molecule has 2 aromatic carbocycles. The third-order valence-electron chi connectivity index (χ3n) is 4.53. The number of amides is 1. The molecule has 3 aromatic rings. The molecule has 0 saturated carbocycles. The predicted octanol–water partition coefficient (Wildman–Crippen LogP) is 6.42. The maximum Gasteiger partial charge on any atom is 0.417 e. The Bertz CT molecular complexity index is 1180. The lowest BCUT2D eigenvalue weighted by Crippen LogP contribution is -2.21. The number of carbonyl (C=O) groups is 1. The molecule has 0 bridgehead atoms. The number of furan rings is 1. The molecule has 1 amide bonds. The van der Waals surface area contributed by atoms with Gasteiger partial charge in [0.15, 0.2) is 0 Å². The fourth-order valence-electron chi connectivity index (χ4n) is 3.05. The van der Waals surface area contributed by atoms with Gasteiger partial charge in [-0.05, 0) is 55.5 Å². The van der Waals surface area contributed by atoms with E-state index in [-0.39, 0.29) is 22.3 Å². The number of para-hydroxylation sites is 1. The minimum Gasteiger partial charge on any atom is -0.457 e. The van der Waals surface area contributed by atoms with Crippen LogP contribution in [0.5, 0.6) is 0 Å². The monoisotopic (exact) mass is 430 g/mol. The first-order valence-electron chi connectivity index (χ1n) is 8.88. The molecule has 0 atom stereocenters. The van der Waals surface area contributed by atoms with Crippen LogP contribution in [0.3, 0.4) is 0 Å². The molecule has 1 aromatic heterocycles. The molecule has 8 heteroatoms. The molecule has 0 saturated heterocycles. The number of carbonyl (C=O) groups excluding carboxylic acids is 1. The van der Waals surface area contributed by atoms with Crippen molar-refractivity contribution in [3.63, 3.8) is 0 Å². The van der Waals surface area contributed by atoms with Crippen LogP contribution in [0, 0.1) is 0 Å². The van der Waals surface area contributed by atoms with Crippen molar-refractivity contribution in [2.45, 2.75) is 13.1 Å². The maximum absolute atomic E-state index is 13.1. The molecular weight excluding hydrogens is 417 g/mol. The number of anilines is 1. The number of benzene rings is 2. The van der Waals surface area contributed by atoms with Crippen molar-refractivity contribution in [2.75, 3.05) is 5.01 Å². The van der Waals surface area contributed by atoms with Crippen LogP contribution in [-0.4, -0.2) is 11.6 Å². The number of hydrazone groups is 1. The number of hydrogen-bond acceptors (Lipinski definition) is 3. The number of hydrogen-bond donors (Lipinski definition) is 0. The second-order valence-corrected chi connectivity index (χ2v) is 7.00. The van der Waals surface area contributed by atoms with Crippen LogP contribution >= 0.6 is 11.6 Å². The Morgan fingerprint density at radius 2 is 1.80 bits per heavy atom. The van der Waals surface area contributed by atoms with Gasteiger partial charge in [-0.3, -0.25) is 4.79 Å². The molecule has 0 unspecified atom stereocenters. The number of alkyl halides is 3. The van der Waals surface area contributed by atoms with Crippen LogP contribution in [0.2, 0.25) is 5.02 Å². The van der Waals surface area contributed by atoms with Crippen molar-refractivity contribution in [2.24, 2.45) is 5.10 Å². The first kappa shape index (κ1) is 20.0. The van der Waals surface area contributed by atoms with Gasteiger partial charge in [0.1, 0.15) is 11.5 Å². The van der Waals surface area contributed by atoms with Gasteiger partial charge in [-0.15, -0.1) is 0 Å². The number of halogens is 4. The van der Waals surface area contributed by atoms with Crippen molar-refractivity contribution in [3.8, 4) is 11.3 Å². The van der Waals surface area contributed by atoms with E-state index in [9.17, 15) is 18.0 Å². The molecule has 30 heavy (non-hydrogen) atoms. The van der Waals surface area contributed by atoms with Crippen molar-refractivity contribution >= 4 is 35.0 Å². The van der Waals surface area contributed by atoms with E-state index in [1.807, 2.05) is 6.07 Å². The molecule has 1 aliphatic heterocycles. The molecule has 1 aliphatic rings. The summed E-state index contributed by atoms with van der Waals surface area (Å²) in [5.74, 6) is 0.229. The zero-order chi connectivity index (χ0) is 21.5. The fraction of sp³-hybridized carbons (Fsp3) is 0.0909. The van der Waals surface area contributed by atoms with E-state index in [0.29, 0.717) is 22.7 Å². The van der Waals surface area contributed by atoms with Gasteiger partial charge in [0, 0.05) is 5.56 Å². The Kier molecular flexibility index (Phi) is 4.99. The lowest BCUT2D eigenvalue weighted by molar-refractivity contribution is -0.137. The van der Waals surface area contributed by atoms with Gasteiger partial charge < -0.3 is 4.42 Å². The third kappa shape index (κ3) is 3.76. The Hall–Kier alpha value is -3.32. The second kappa shape index (κ2) is 7.50. The van der Waals surface area contributed by atoms with Crippen LogP contribution in [0.15, 0.2) is 75.8 Å². The Morgan fingerprint density at radius 3 is 2.50 bits per heavy atom. The molecule has 4 rings (SSSR count). The van der Waals surface area contributed by atoms with Crippen molar-refractivity contribution in [1.82, 2.24) is 0 Å².